The molecule has 1 amide bonds. The number of rotatable bonds is 5. The number of nitrogens with zero attached hydrogens (tertiary/aromatic N) is 3. The SMILES string of the molecule is CC1CC(C)CN(CCNC(=O)C2CCCN(c3ncccc3C(F)(F)F)C2)C1. The van der Waals surface area contributed by atoms with E-state index in [4.69, 9.17) is 0 Å². The summed E-state index contributed by atoms with van der Waals surface area (Å²) in [5, 5.41) is 3.00. The van der Waals surface area contributed by atoms with Crippen LogP contribution in [0.25, 0.3) is 0 Å². The third kappa shape index (κ3) is 5.84. The molecule has 2 aliphatic heterocycles. The summed E-state index contributed by atoms with van der Waals surface area (Å²) in [4.78, 5) is 20.6. The highest BCUT2D eigenvalue weighted by atomic mass is 19.4. The van der Waals surface area contributed by atoms with E-state index in [9.17, 15) is 18.0 Å². The number of piperidine rings is 2. The molecule has 3 unspecified atom stereocenters. The van der Waals surface area contributed by atoms with Crippen LogP contribution < -0.4 is 10.2 Å². The van der Waals surface area contributed by atoms with Crippen molar-refractivity contribution in [2.45, 2.75) is 39.3 Å². The number of aromatic nitrogens is 1. The highest BCUT2D eigenvalue weighted by molar-refractivity contribution is 5.79. The third-order valence-electron chi connectivity index (χ3n) is 5.86. The van der Waals surface area contributed by atoms with Crippen LogP contribution in [0.2, 0.25) is 0 Å². The molecule has 8 heteroatoms. The highest BCUT2D eigenvalue weighted by Gasteiger charge is 2.37. The zero-order chi connectivity index (χ0) is 21.0. The van der Waals surface area contributed by atoms with E-state index < -0.39 is 11.7 Å². The Kier molecular flexibility index (Phi) is 7.03. The Balaban J connectivity index is 1.54. The molecule has 1 aromatic heterocycles. The van der Waals surface area contributed by atoms with E-state index in [1.54, 1.807) is 4.90 Å². The third-order valence-corrected chi connectivity index (χ3v) is 5.86. The Labute approximate surface area is 170 Å². The first-order valence-electron chi connectivity index (χ1n) is 10.5. The van der Waals surface area contributed by atoms with Gasteiger partial charge in [0.1, 0.15) is 5.82 Å². The van der Waals surface area contributed by atoms with E-state index in [0.717, 1.165) is 25.7 Å². The molecule has 0 aliphatic carbocycles. The van der Waals surface area contributed by atoms with Gasteiger partial charge in [-0.05, 0) is 43.2 Å². The van der Waals surface area contributed by atoms with Gasteiger partial charge >= 0.3 is 6.18 Å². The second-order valence-electron chi connectivity index (χ2n) is 8.65. The van der Waals surface area contributed by atoms with E-state index in [1.165, 1.54) is 18.7 Å². The molecule has 3 rings (SSSR count). The van der Waals surface area contributed by atoms with Crippen LogP contribution in [-0.4, -0.2) is 55.1 Å². The van der Waals surface area contributed by atoms with Crippen molar-refractivity contribution in [2.24, 2.45) is 17.8 Å². The second kappa shape index (κ2) is 9.32. The molecule has 29 heavy (non-hydrogen) atoms. The van der Waals surface area contributed by atoms with Crippen molar-refractivity contribution in [2.75, 3.05) is 44.2 Å². The first-order valence-corrected chi connectivity index (χ1v) is 10.5. The fraction of sp³-hybridized carbons (Fsp3) is 0.714. The van der Waals surface area contributed by atoms with Crippen LogP contribution in [0.15, 0.2) is 18.3 Å². The number of likely N-dealkylation sites (tertiary alicyclic amines) is 1. The lowest BCUT2D eigenvalue weighted by atomic mass is 9.92. The minimum atomic E-state index is -4.46. The monoisotopic (exact) mass is 412 g/mol. The van der Waals surface area contributed by atoms with Crippen molar-refractivity contribution in [3.05, 3.63) is 23.9 Å². The summed E-state index contributed by atoms with van der Waals surface area (Å²) < 4.78 is 39.9. The van der Waals surface area contributed by atoms with Gasteiger partial charge in [-0.15, -0.1) is 0 Å². The van der Waals surface area contributed by atoms with Gasteiger partial charge in [0.05, 0.1) is 11.5 Å². The van der Waals surface area contributed by atoms with Crippen LogP contribution in [0.4, 0.5) is 19.0 Å². The quantitative estimate of drug-likeness (QED) is 0.805. The number of nitrogens with one attached hydrogen (secondary N) is 1. The van der Waals surface area contributed by atoms with Crippen molar-refractivity contribution in [1.29, 1.82) is 0 Å². The Bertz CT molecular complexity index is 687. The van der Waals surface area contributed by atoms with E-state index in [2.05, 4.69) is 29.0 Å². The van der Waals surface area contributed by atoms with E-state index in [1.807, 2.05) is 0 Å². The molecule has 0 spiro atoms. The van der Waals surface area contributed by atoms with Crippen molar-refractivity contribution < 1.29 is 18.0 Å². The number of carbonyl (C=O) groups excluding carboxylic acids is 1. The minimum Gasteiger partial charge on any atom is -0.355 e. The zero-order valence-corrected chi connectivity index (χ0v) is 17.2. The fourth-order valence-corrected chi connectivity index (χ4v) is 4.71. The molecule has 0 radical (unpaired) electrons. The van der Waals surface area contributed by atoms with Gasteiger partial charge in [0.15, 0.2) is 0 Å². The Morgan fingerprint density at radius 3 is 2.66 bits per heavy atom. The number of hydrogen-bond acceptors (Lipinski definition) is 4. The van der Waals surface area contributed by atoms with Crippen LogP contribution in [0, 0.1) is 17.8 Å². The lowest BCUT2D eigenvalue weighted by Crippen LogP contribution is -2.46. The van der Waals surface area contributed by atoms with Crippen LogP contribution in [-0.2, 0) is 11.0 Å². The molecular weight excluding hydrogens is 381 g/mol. The van der Waals surface area contributed by atoms with Gasteiger partial charge in [0, 0.05) is 45.5 Å². The number of amides is 1. The Hall–Kier alpha value is -1.83. The molecule has 5 nitrogen and oxygen atoms in total. The maximum atomic E-state index is 13.3. The van der Waals surface area contributed by atoms with Gasteiger partial charge in [-0.25, -0.2) is 4.98 Å². The molecule has 1 N–H and O–H groups in total. The van der Waals surface area contributed by atoms with Crippen LogP contribution in [0.5, 0.6) is 0 Å². The van der Waals surface area contributed by atoms with Gasteiger partial charge in [0.25, 0.3) is 0 Å². The Morgan fingerprint density at radius 2 is 1.97 bits per heavy atom. The molecule has 2 fully saturated rings. The summed E-state index contributed by atoms with van der Waals surface area (Å²) in [5.74, 6) is 0.877. The molecule has 3 atom stereocenters. The van der Waals surface area contributed by atoms with Gasteiger partial charge < -0.3 is 15.1 Å². The lowest BCUT2D eigenvalue weighted by molar-refractivity contribution is -0.137. The second-order valence-corrected chi connectivity index (χ2v) is 8.65. The van der Waals surface area contributed by atoms with Gasteiger partial charge in [-0.3, -0.25) is 4.79 Å². The summed E-state index contributed by atoms with van der Waals surface area (Å²) in [6, 6.07) is 2.34. The van der Waals surface area contributed by atoms with E-state index in [0.29, 0.717) is 37.8 Å². The maximum absolute atomic E-state index is 13.3. The standard InChI is InChI=1S/C21H31F3N4O/c1-15-11-16(2)13-27(12-15)10-8-26-20(29)17-5-4-9-28(14-17)19-18(21(22,23)24)6-3-7-25-19/h3,6-7,15-17H,4-5,8-14H2,1-2H3,(H,26,29). The average Bonchev–Trinajstić information content (AvgIpc) is 2.66. The predicted octanol–water partition coefficient (Wildman–Crippen LogP) is 3.41. The topological polar surface area (TPSA) is 48.5 Å². The van der Waals surface area contributed by atoms with Crippen molar-refractivity contribution in [3.8, 4) is 0 Å². The minimum absolute atomic E-state index is 0.0719. The number of anilines is 1. The normalized spacial score (nSPS) is 26.4. The highest BCUT2D eigenvalue weighted by Crippen LogP contribution is 2.36. The largest absolute Gasteiger partial charge is 0.419 e. The van der Waals surface area contributed by atoms with Crippen molar-refractivity contribution in [3.63, 3.8) is 0 Å². The first kappa shape index (κ1) is 21.9. The number of carbonyl (C=O) groups is 1. The lowest BCUT2D eigenvalue weighted by Gasteiger charge is -2.35. The smallest absolute Gasteiger partial charge is 0.355 e. The number of pyridine rings is 1. The number of halogens is 3. The maximum Gasteiger partial charge on any atom is 0.419 e. The number of alkyl halides is 3. The van der Waals surface area contributed by atoms with Gasteiger partial charge in [-0.2, -0.15) is 13.2 Å². The molecule has 0 bridgehead atoms. The molecule has 3 heterocycles. The summed E-state index contributed by atoms with van der Waals surface area (Å²) >= 11 is 0. The summed E-state index contributed by atoms with van der Waals surface area (Å²) in [6.45, 7) is 8.75. The fourth-order valence-electron chi connectivity index (χ4n) is 4.71. The molecule has 0 saturated carbocycles. The van der Waals surface area contributed by atoms with E-state index >= 15 is 0 Å². The van der Waals surface area contributed by atoms with E-state index in [-0.39, 0.29) is 24.2 Å². The molecule has 2 aliphatic rings. The molecule has 162 valence electrons. The molecular formula is C21H31F3N4O. The summed E-state index contributed by atoms with van der Waals surface area (Å²) in [7, 11) is 0. The van der Waals surface area contributed by atoms with Crippen LogP contribution >= 0.6 is 0 Å². The van der Waals surface area contributed by atoms with Crippen LogP contribution in [0.1, 0.15) is 38.7 Å². The van der Waals surface area contributed by atoms with Gasteiger partial charge in [0.2, 0.25) is 5.91 Å². The van der Waals surface area contributed by atoms with Gasteiger partial charge in [-0.1, -0.05) is 13.8 Å². The summed E-state index contributed by atoms with van der Waals surface area (Å²) in [6.07, 6.45) is -0.480. The van der Waals surface area contributed by atoms with Crippen molar-refractivity contribution in [1.82, 2.24) is 15.2 Å². The molecule has 2 saturated heterocycles. The van der Waals surface area contributed by atoms with Crippen molar-refractivity contribution >= 4 is 11.7 Å². The Morgan fingerprint density at radius 1 is 1.24 bits per heavy atom. The predicted molar refractivity (Wildman–Crippen MR) is 107 cm³/mol. The van der Waals surface area contributed by atoms with Crippen LogP contribution in [0.3, 0.4) is 0 Å². The zero-order valence-electron chi connectivity index (χ0n) is 17.2. The molecule has 0 aromatic carbocycles. The first-order chi connectivity index (χ1) is 13.7. The molecule has 1 aromatic rings. The number of hydrogen-bond donors (Lipinski definition) is 1. The average molecular weight is 413 g/mol. The summed E-state index contributed by atoms with van der Waals surface area (Å²) in [5.41, 5.74) is -0.741.